The maximum atomic E-state index is 11.8. The monoisotopic (exact) mass is 347 g/mol. The van der Waals surface area contributed by atoms with Gasteiger partial charge in [-0.15, -0.1) is 0 Å². The second-order valence-corrected chi connectivity index (χ2v) is 7.83. The molecule has 3 heteroatoms. The highest BCUT2D eigenvalue weighted by atomic mass is 35.5. The number of fused-ring (bicyclic) bond motifs is 2. The van der Waals surface area contributed by atoms with Crippen LogP contribution >= 0.6 is 0 Å². The topological polar surface area (TPSA) is 23.5 Å². The Hall–Kier alpha value is -0.830. The van der Waals surface area contributed by atoms with E-state index in [1.807, 2.05) is 0 Å². The van der Waals surface area contributed by atoms with E-state index in [1.54, 1.807) is 0 Å². The molecule has 2 aliphatic carbocycles. The fourth-order valence-electron chi connectivity index (χ4n) is 5.11. The van der Waals surface area contributed by atoms with Crippen molar-refractivity contribution in [3.63, 3.8) is 0 Å². The Labute approximate surface area is 153 Å². The van der Waals surface area contributed by atoms with Gasteiger partial charge in [-0.1, -0.05) is 48.9 Å². The average molecular weight is 348 g/mol. The lowest BCUT2D eigenvalue weighted by atomic mass is 9.72. The number of rotatable bonds is 5. The summed E-state index contributed by atoms with van der Waals surface area (Å²) in [6.07, 6.45) is 12.0. The normalized spacial score (nSPS) is 31.6. The van der Waals surface area contributed by atoms with Gasteiger partial charge in [0.25, 0.3) is 0 Å². The summed E-state index contributed by atoms with van der Waals surface area (Å²) < 4.78 is 0. The number of halogens is 1. The van der Waals surface area contributed by atoms with Gasteiger partial charge in [-0.3, -0.25) is 0 Å². The second-order valence-electron chi connectivity index (χ2n) is 7.83. The molecule has 0 spiro atoms. The maximum absolute atomic E-state index is 11.8. The molecule has 1 saturated carbocycles. The molecule has 2 fully saturated rings. The van der Waals surface area contributed by atoms with E-state index in [4.69, 9.17) is 0 Å². The first-order chi connectivity index (χ1) is 11.3. The van der Waals surface area contributed by atoms with Crippen LogP contribution in [0.25, 0.3) is 0 Å². The molecule has 3 aliphatic rings. The Balaban J connectivity index is 0.00000113. The number of allylic oxidation sites excluding steroid dienone is 2. The van der Waals surface area contributed by atoms with Crippen LogP contribution in [0.5, 0.6) is 0 Å². The van der Waals surface area contributed by atoms with Gasteiger partial charge < -0.3 is 22.4 Å². The van der Waals surface area contributed by atoms with Crippen molar-refractivity contribution in [2.24, 2.45) is 17.8 Å². The van der Waals surface area contributed by atoms with Crippen LogP contribution in [0, 0.1) is 17.8 Å². The van der Waals surface area contributed by atoms with Crippen molar-refractivity contribution < 1.29 is 18.9 Å². The SMILES string of the molecule is OC(CCN1CCCCC1)(c1ccccc1)C1CC2C=CC1C2.[Cl-].[H+]. The van der Waals surface area contributed by atoms with Crippen molar-refractivity contribution >= 4 is 0 Å². The third-order valence-electron chi connectivity index (χ3n) is 6.42. The number of hydrogen-bond donors (Lipinski definition) is 1. The van der Waals surface area contributed by atoms with Gasteiger partial charge in [-0.2, -0.15) is 0 Å². The number of piperidine rings is 1. The summed E-state index contributed by atoms with van der Waals surface area (Å²) in [5.74, 6) is 1.67. The molecule has 1 saturated heterocycles. The lowest BCUT2D eigenvalue weighted by Gasteiger charge is -2.40. The molecule has 0 aromatic heterocycles. The van der Waals surface area contributed by atoms with Gasteiger partial charge in [0.1, 0.15) is 0 Å². The van der Waals surface area contributed by atoms with E-state index in [0.29, 0.717) is 17.8 Å². The molecule has 2 nitrogen and oxygen atoms in total. The first-order valence-corrected chi connectivity index (χ1v) is 9.44. The van der Waals surface area contributed by atoms with E-state index in [0.717, 1.165) is 24.9 Å². The van der Waals surface area contributed by atoms with Gasteiger partial charge in [0.05, 0.1) is 5.60 Å². The maximum Gasteiger partial charge on any atom is 1.00 e. The quantitative estimate of drug-likeness (QED) is 0.806. The first kappa shape index (κ1) is 18.0. The van der Waals surface area contributed by atoms with Crippen molar-refractivity contribution in [3.05, 3.63) is 48.0 Å². The van der Waals surface area contributed by atoms with E-state index in [9.17, 15) is 5.11 Å². The van der Waals surface area contributed by atoms with Crippen LogP contribution in [-0.2, 0) is 5.60 Å². The number of benzene rings is 1. The van der Waals surface area contributed by atoms with E-state index < -0.39 is 5.60 Å². The van der Waals surface area contributed by atoms with E-state index in [1.165, 1.54) is 38.8 Å². The summed E-state index contributed by atoms with van der Waals surface area (Å²) in [6.45, 7) is 3.45. The van der Waals surface area contributed by atoms with Gasteiger partial charge in [-0.05, 0) is 68.5 Å². The summed E-state index contributed by atoms with van der Waals surface area (Å²) in [6, 6.07) is 10.5. The van der Waals surface area contributed by atoms with Crippen molar-refractivity contribution in [2.75, 3.05) is 19.6 Å². The first-order valence-electron chi connectivity index (χ1n) is 9.44. The Bertz CT molecular complexity index is 560. The predicted octanol–water partition coefficient (Wildman–Crippen LogP) is 1.08. The van der Waals surface area contributed by atoms with Gasteiger partial charge >= 0.3 is 1.43 Å². The van der Waals surface area contributed by atoms with Crippen LogP contribution in [0.2, 0.25) is 0 Å². The van der Waals surface area contributed by atoms with E-state index in [2.05, 4.69) is 47.4 Å². The summed E-state index contributed by atoms with van der Waals surface area (Å²) in [7, 11) is 0. The highest BCUT2D eigenvalue weighted by Crippen LogP contribution is 2.52. The summed E-state index contributed by atoms with van der Waals surface area (Å²) in [5, 5.41) is 11.8. The summed E-state index contributed by atoms with van der Waals surface area (Å²) >= 11 is 0. The number of nitrogens with zero attached hydrogens (tertiary/aromatic N) is 1. The van der Waals surface area contributed by atoms with Crippen LogP contribution in [0.1, 0.15) is 45.5 Å². The van der Waals surface area contributed by atoms with Crippen LogP contribution < -0.4 is 12.4 Å². The molecule has 4 rings (SSSR count). The molecular formula is C21H30ClNO. The van der Waals surface area contributed by atoms with Gasteiger partial charge in [0, 0.05) is 6.54 Å². The third-order valence-corrected chi connectivity index (χ3v) is 6.42. The Morgan fingerprint density at radius 3 is 2.42 bits per heavy atom. The molecule has 2 bridgehead atoms. The highest BCUT2D eigenvalue weighted by Gasteiger charge is 2.48. The molecule has 0 amide bonds. The lowest BCUT2D eigenvalue weighted by Crippen LogP contribution is -3.00. The smallest absolute Gasteiger partial charge is 1.00 e. The molecule has 24 heavy (non-hydrogen) atoms. The van der Waals surface area contributed by atoms with Crippen LogP contribution in [0.15, 0.2) is 42.5 Å². The van der Waals surface area contributed by atoms with Crippen molar-refractivity contribution in [2.45, 2.75) is 44.1 Å². The molecular weight excluding hydrogens is 318 g/mol. The lowest BCUT2D eigenvalue weighted by molar-refractivity contribution is -0.0495. The summed E-state index contributed by atoms with van der Waals surface area (Å²) in [4.78, 5) is 2.56. The van der Waals surface area contributed by atoms with Gasteiger partial charge in [0.15, 0.2) is 0 Å². The number of hydrogen-bond acceptors (Lipinski definition) is 2. The molecule has 4 atom stereocenters. The van der Waals surface area contributed by atoms with Crippen molar-refractivity contribution in [1.29, 1.82) is 0 Å². The zero-order valence-corrected chi connectivity index (χ0v) is 15.2. The fourth-order valence-corrected chi connectivity index (χ4v) is 5.11. The zero-order valence-electron chi connectivity index (χ0n) is 15.4. The van der Waals surface area contributed by atoms with Crippen LogP contribution in [0.4, 0.5) is 0 Å². The largest absolute Gasteiger partial charge is 1.00 e. The zero-order chi connectivity index (χ0) is 15.7. The summed E-state index contributed by atoms with van der Waals surface area (Å²) in [5.41, 5.74) is 0.464. The fraction of sp³-hybridized carbons (Fsp3) is 0.619. The molecule has 1 heterocycles. The molecule has 4 unspecified atom stereocenters. The Morgan fingerprint density at radius 1 is 1.04 bits per heavy atom. The standard InChI is InChI=1S/C21H29NO.ClH/c23-21(19-7-3-1-4-8-19,11-14-22-12-5-2-6-13-22)20-16-17-9-10-18(20)15-17;/h1,3-4,7-10,17-18,20,23H,2,5-6,11-16H2;1H. The Morgan fingerprint density at radius 2 is 1.79 bits per heavy atom. The predicted molar refractivity (Wildman–Crippen MR) is 95.2 cm³/mol. The third kappa shape index (κ3) is 3.42. The molecule has 1 N–H and O–H groups in total. The Kier molecular flexibility index (Phi) is 5.69. The second kappa shape index (κ2) is 7.59. The highest BCUT2D eigenvalue weighted by molar-refractivity contribution is 5.27. The minimum absolute atomic E-state index is 0. The van der Waals surface area contributed by atoms with Gasteiger partial charge in [-0.25, -0.2) is 0 Å². The van der Waals surface area contributed by atoms with Crippen molar-refractivity contribution in [3.8, 4) is 0 Å². The van der Waals surface area contributed by atoms with Gasteiger partial charge in [0.2, 0.25) is 0 Å². The van der Waals surface area contributed by atoms with E-state index >= 15 is 0 Å². The molecule has 1 aliphatic heterocycles. The average Bonchev–Trinajstić information content (AvgIpc) is 3.25. The van der Waals surface area contributed by atoms with E-state index in [-0.39, 0.29) is 13.8 Å². The molecule has 132 valence electrons. The van der Waals surface area contributed by atoms with Crippen LogP contribution in [0.3, 0.4) is 0 Å². The van der Waals surface area contributed by atoms with Crippen LogP contribution in [-0.4, -0.2) is 29.6 Å². The molecule has 0 radical (unpaired) electrons. The number of likely N-dealkylation sites (tertiary alicyclic amines) is 1. The number of aliphatic hydroxyl groups is 1. The molecule has 1 aromatic rings. The minimum atomic E-state index is -0.664. The molecule has 1 aromatic carbocycles. The minimum Gasteiger partial charge on any atom is -1.00 e. The van der Waals surface area contributed by atoms with Crippen molar-refractivity contribution in [1.82, 2.24) is 4.90 Å².